The van der Waals surface area contributed by atoms with Gasteiger partial charge in [-0.15, -0.1) is 0 Å². The fraction of sp³-hybridized carbons (Fsp3) is 0.278. The van der Waals surface area contributed by atoms with Gasteiger partial charge in [0.2, 0.25) is 0 Å². The summed E-state index contributed by atoms with van der Waals surface area (Å²) < 4.78 is 15.2. The van der Waals surface area contributed by atoms with Gasteiger partial charge in [0, 0.05) is 31.4 Å². The van der Waals surface area contributed by atoms with E-state index in [0.29, 0.717) is 6.54 Å². The zero-order valence-electron chi connectivity index (χ0n) is 13.0. The van der Waals surface area contributed by atoms with Gasteiger partial charge in [0.1, 0.15) is 5.82 Å². The molecular weight excluding hydrogens is 309 g/mol. The van der Waals surface area contributed by atoms with E-state index in [4.69, 9.17) is 0 Å². The van der Waals surface area contributed by atoms with Crippen LogP contribution in [0, 0.1) is 5.82 Å². The van der Waals surface area contributed by atoms with Crippen molar-refractivity contribution in [2.45, 2.75) is 19.4 Å². The number of aryl methyl sites for hydroxylation is 1. The van der Waals surface area contributed by atoms with Gasteiger partial charge in [0.15, 0.2) is 5.13 Å². The maximum atomic E-state index is 14.0. The van der Waals surface area contributed by atoms with Crippen molar-refractivity contribution in [2.75, 3.05) is 23.8 Å². The Morgan fingerprint density at radius 3 is 3.00 bits per heavy atom. The molecule has 3 aromatic rings. The van der Waals surface area contributed by atoms with E-state index in [2.05, 4.69) is 27.3 Å². The molecule has 0 saturated heterocycles. The van der Waals surface area contributed by atoms with Gasteiger partial charge in [-0.1, -0.05) is 29.5 Å². The van der Waals surface area contributed by atoms with E-state index >= 15 is 0 Å². The lowest BCUT2D eigenvalue weighted by Crippen LogP contribution is -2.29. The van der Waals surface area contributed by atoms with E-state index < -0.39 is 0 Å². The molecule has 118 valence electrons. The predicted octanol–water partition coefficient (Wildman–Crippen LogP) is 4.43. The molecule has 0 atom stereocenters. The number of anilines is 2. The van der Waals surface area contributed by atoms with Crippen LogP contribution in [-0.2, 0) is 13.0 Å². The lowest BCUT2D eigenvalue weighted by molar-refractivity contribution is 0.598. The molecule has 4 rings (SSSR count). The van der Waals surface area contributed by atoms with Gasteiger partial charge in [-0.25, -0.2) is 9.37 Å². The van der Waals surface area contributed by atoms with Gasteiger partial charge in [0.05, 0.1) is 10.2 Å². The van der Waals surface area contributed by atoms with Crippen LogP contribution in [0.25, 0.3) is 10.2 Å². The largest absolute Gasteiger partial charge is 0.367 e. The van der Waals surface area contributed by atoms with Crippen LogP contribution in [0.3, 0.4) is 0 Å². The second-order valence-corrected chi connectivity index (χ2v) is 6.86. The summed E-state index contributed by atoms with van der Waals surface area (Å²) in [6.45, 7) is 1.56. The van der Waals surface area contributed by atoms with E-state index in [9.17, 15) is 4.39 Å². The van der Waals surface area contributed by atoms with Crippen molar-refractivity contribution < 1.29 is 4.39 Å². The van der Waals surface area contributed by atoms with E-state index in [1.807, 2.05) is 19.2 Å². The Balaban J connectivity index is 1.73. The highest BCUT2D eigenvalue weighted by Gasteiger charge is 2.20. The lowest BCUT2D eigenvalue weighted by atomic mass is 10.0. The molecule has 1 aromatic heterocycles. The summed E-state index contributed by atoms with van der Waals surface area (Å²) in [5.74, 6) is -0.133. The fourth-order valence-electron chi connectivity index (χ4n) is 3.18. The van der Waals surface area contributed by atoms with Crippen molar-refractivity contribution in [1.82, 2.24) is 4.98 Å². The Kier molecular flexibility index (Phi) is 3.65. The third-order valence-electron chi connectivity index (χ3n) is 4.34. The van der Waals surface area contributed by atoms with E-state index in [-0.39, 0.29) is 5.82 Å². The van der Waals surface area contributed by atoms with Crippen molar-refractivity contribution in [3.05, 3.63) is 53.3 Å². The highest BCUT2D eigenvalue weighted by molar-refractivity contribution is 7.22. The maximum Gasteiger partial charge on any atom is 0.183 e. The Labute approximate surface area is 138 Å². The molecule has 1 aliphatic rings. The second kappa shape index (κ2) is 5.81. The van der Waals surface area contributed by atoms with E-state index in [1.54, 1.807) is 17.4 Å². The molecule has 1 aliphatic heterocycles. The molecule has 3 nitrogen and oxygen atoms in total. The number of thiazole rings is 1. The van der Waals surface area contributed by atoms with Gasteiger partial charge < -0.3 is 10.2 Å². The van der Waals surface area contributed by atoms with Gasteiger partial charge in [-0.3, -0.25) is 0 Å². The number of nitrogens with zero attached hydrogens (tertiary/aromatic N) is 2. The van der Waals surface area contributed by atoms with Gasteiger partial charge in [-0.2, -0.15) is 0 Å². The summed E-state index contributed by atoms with van der Waals surface area (Å²) >= 11 is 1.68. The molecule has 0 radical (unpaired) electrons. The molecular formula is C18H18FN3S. The van der Waals surface area contributed by atoms with Crippen molar-refractivity contribution in [3.63, 3.8) is 0 Å². The molecule has 2 heterocycles. The Morgan fingerprint density at radius 1 is 1.30 bits per heavy atom. The van der Waals surface area contributed by atoms with Crippen LogP contribution in [0.15, 0.2) is 36.4 Å². The fourth-order valence-corrected chi connectivity index (χ4v) is 4.05. The van der Waals surface area contributed by atoms with E-state index in [0.717, 1.165) is 35.6 Å². The number of nitrogens with one attached hydrogen (secondary N) is 1. The number of aromatic nitrogens is 1. The number of halogens is 1. The number of hydrogen-bond donors (Lipinski definition) is 1. The summed E-state index contributed by atoms with van der Waals surface area (Å²) in [7, 11) is 1.89. The topological polar surface area (TPSA) is 28.2 Å². The molecule has 0 saturated carbocycles. The Hall–Kier alpha value is -2.14. The molecule has 23 heavy (non-hydrogen) atoms. The van der Waals surface area contributed by atoms with Crippen molar-refractivity contribution in [2.24, 2.45) is 0 Å². The summed E-state index contributed by atoms with van der Waals surface area (Å²) in [5, 5.41) is 4.04. The predicted molar refractivity (Wildman–Crippen MR) is 94.9 cm³/mol. The minimum Gasteiger partial charge on any atom is -0.367 e. The molecule has 1 N–H and O–H groups in total. The van der Waals surface area contributed by atoms with Crippen LogP contribution < -0.4 is 10.2 Å². The summed E-state index contributed by atoms with van der Waals surface area (Å²) in [5.41, 5.74) is 4.29. The SMILES string of the molecule is CNc1nc2cc3c(cc2s1)CCCN3Cc1ccccc1F. The first-order chi connectivity index (χ1) is 11.2. The first-order valence-electron chi connectivity index (χ1n) is 7.84. The Bertz CT molecular complexity index is 859. The highest BCUT2D eigenvalue weighted by atomic mass is 32.1. The average molecular weight is 327 g/mol. The number of benzene rings is 2. The minimum atomic E-state index is -0.133. The normalized spacial score (nSPS) is 14.1. The van der Waals surface area contributed by atoms with Crippen molar-refractivity contribution >= 4 is 32.4 Å². The van der Waals surface area contributed by atoms with Gasteiger partial charge in [0.25, 0.3) is 0 Å². The van der Waals surface area contributed by atoms with Crippen LogP contribution in [0.2, 0.25) is 0 Å². The minimum absolute atomic E-state index is 0.133. The summed E-state index contributed by atoms with van der Waals surface area (Å²) in [6, 6.07) is 11.4. The number of rotatable bonds is 3. The van der Waals surface area contributed by atoms with Crippen LogP contribution in [-0.4, -0.2) is 18.6 Å². The highest BCUT2D eigenvalue weighted by Crippen LogP contribution is 2.35. The first kappa shape index (κ1) is 14.5. The molecule has 0 bridgehead atoms. The number of hydrogen-bond acceptors (Lipinski definition) is 4. The van der Waals surface area contributed by atoms with Crippen molar-refractivity contribution in [1.29, 1.82) is 0 Å². The molecule has 2 aromatic carbocycles. The monoisotopic (exact) mass is 327 g/mol. The number of fused-ring (bicyclic) bond motifs is 2. The molecule has 0 unspecified atom stereocenters. The molecule has 0 amide bonds. The average Bonchev–Trinajstić information content (AvgIpc) is 2.97. The first-order valence-corrected chi connectivity index (χ1v) is 8.66. The van der Waals surface area contributed by atoms with Crippen LogP contribution in [0.1, 0.15) is 17.5 Å². The Morgan fingerprint density at radius 2 is 2.17 bits per heavy atom. The third kappa shape index (κ3) is 2.65. The maximum absolute atomic E-state index is 14.0. The standard InChI is InChI=1S/C18H18FN3S/c1-20-18-21-15-10-16-12(9-17(15)23-18)6-4-8-22(16)11-13-5-2-3-7-14(13)19/h2-3,5,7,9-10H,4,6,8,11H2,1H3,(H,20,21). The molecule has 0 spiro atoms. The third-order valence-corrected chi connectivity index (χ3v) is 5.37. The molecule has 5 heteroatoms. The molecule has 0 aliphatic carbocycles. The van der Waals surface area contributed by atoms with E-state index in [1.165, 1.54) is 22.0 Å². The smallest absolute Gasteiger partial charge is 0.183 e. The van der Waals surface area contributed by atoms with Gasteiger partial charge in [-0.05, 0) is 36.6 Å². The lowest BCUT2D eigenvalue weighted by Gasteiger charge is -2.31. The van der Waals surface area contributed by atoms with Crippen LogP contribution in [0.4, 0.5) is 15.2 Å². The van der Waals surface area contributed by atoms with Crippen LogP contribution >= 0.6 is 11.3 Å². The second-order valence-electron chi connectivity index (χ2n) is 5.83. The zero-order valence-corrected chi connectivity index (χ0v) is 13.8. The van der Waals surface area contributed by atoms with Crippen LogP contribution in [0.5, 0.6) is 0 Å². The molecule has 0 fully saturated rings. The summed E-state index contributed by atoms with van der Waals surface area (Å²) in [6.07, 6.45) is 2.18. The quantitative estimate of drug-likeness (QED) is 0.771. The zero-order chi connectivity index (χ0) is 15.8. The van der Waals surface area contributed by atoms with Gasteiger partial charge >= 0.3 is 0 Å². The summed E-state index contributed by atoms with van der Waals surface area (Å²) in [4.78, 5) is 6.88. The van der Waals surface area contributed by atoms with Crippen molar-refractivity contribution in [3.8, 4) is 0 Å².